The molecule has 1 atom stereocenters. The molecule has 2 heterocycles. The van der Waals surface area contributed by atoms with Gasteiger partial charge in [0.15, 0.2) is 5.13 Å². The Morgan fingerprint density at radius 3 is 2.51 bits per heavy atom. The molecule has 0 bridgehead atoms. The molecule has 1 saturated heterocycles. The van der Waals surface area contributed by atoms with Gasteiger partial charge in [0, 0.05) is 5.56 Å². The number of esters is 1. The molecule has 39 heavy (non-hydrogen) atoms. The zero-order chi connectivity index (χ0) is 28.1. The number of ether oxygens (including phenoxy) is 2. The number of aliphatic hydroxyl groups excluding tert-OH is 1. The maximum absolute atomic E-state index is 13.8. The van der Waals surface area contributed by atoms with E-state index in [4.69, 9.17) is 9.47 Å². The van der Waals surface area contributed by atoms with Crippen molar-refractivity contribution in [2.24, 2.45) is 0 Å². The van der Waals surface area contributed by atoms with Crippen LogP contribution in [0.4, 0.5) is 9.52 Å². The van der Waals surface area contributed by atoms with E-state index in [-0.39, 0.29) is 22.2 Å². The molecule has 1 aromatic heterocycles. The number of halogens is 1. The summed E-state index contributed by atoms with van der Waals surface area (Å²) in [6, 6.07) is 10.6. The molecular formula is C29H27FN2O6S. The standard InChI is InChI=1S/C29H27FN2O6S/c1-4-6-16-37-21-13-9-19(10-14-21)24(33)22-23(18-7-11-20(30)12-8-18)32(27(35)25(22)34)29-31-17(3)26(39-29)28(36)38-15-5-2/h5,7-14,23,33H,2,4,6,15-16H2,1,3H3/b24-22+. The van der Waals surface area contributed by atoms with Crippen LogP contribution in [0.15, 0.2) is 66.8 Å². The van der Waals surface area contributed by atoms with E-state index in [0.29, 0.717) is 29.2 Å². The number of unbranched alkanes of at least 4 members (excludes halogenated alkanes) is 1. The maximum Gasteiger partial charge on any atom is 0.350 e. The first-order valence-corrected chi connectivity index (χ1v) is 13.1. The van der Waals surface area contributed by atoms with E-state index in [2.05, 4.69) is 18.5 Å². The van der Waals surface area contributed by atoms with E-state index < -0.39 is 35.3 Å². The highest BCUT2D eigenvalue weighted by atomic mass is 32.1. The number of hydrogen-bond donors (Lipinski definition) is 1. The normalized spacial score (nSPS) is 16.4. The lowest BCUT2D eigenvalue weighted by Gasteiger charge is -2.23. The number of nitrogens with zero attached hydrogens (tertiary/aromatic N) is 2. The van der Waals surface area contributed by atoms with Gasteiger partial charge in [-0.15, -0.1) is 0 Å². The Morgan fingerprint density at radius 1 is 1.18 bits per heavy atom. The highest BCUT2D eigenvalue weighted by molar-refractivity contribution is 7.17. The molecule has 202 valence electrons. The minimum Gasteiger partial charge on any atom is -0.507 e. The third kappa shape index (κ3) is 5.75. The SMILES string of the molecule is C=CCOC(=O)c1sc(N2C(=O)C(=O)/C(=C(/O)c3ccc(OCCCC)cc3)C2c2ccc(F)cc2)nc1C. The van der Waals surface area contributed by atoms with Crippen molar-refractivity contribution >= 4 is 39.9 Å². The predicted molar refractivity (Wildman–Crippen MR) is 145 cm³/mol. The predicted octanol–water partition coefficient (Wildman–Crippen LogP) is 5.74. The molecule has 4 rings (SSSR count). The van der Waals surface area contributed by atoms with Crippen molar-refractivity contribution in [1.82, 2.24) is 4.98 Å². The molecule has 0 radical (unpaired) electrons. The highest BCUT2D eigenvalue weighted by Gasteiger charge is 2.48. The molecule has 10 heteroatoms. The summed E-state index contributed by atoms with van der Waals surface area (Å²) < 4.78 is 24.5. The number of carbonyl (C=O) groups excluding carboxylic acids is 3. The van der Waals surface area contributed by atoms with Gasteiger partial charge in [-0.3, -0.25) is 14.5 Å². The number of aliphatic hydroxyl groups is 1. The second-order valence-electron chi connectivity index (χ2n) is 8.75. The zero-order valence-electron chi connectivity index (χ0n) is 21.5. The van der Waals surface area contributed by atoms with Crippen LogP contribution in [0.2, 0.25) is 0 Å². The molecule has 1 unspecified atom stereocenters. The van der Waals surface area contributed by atoms with Crippen molar-refractivity contribution in [3.05, 3.63) is 94.3 Å². The second-order valence-corrected chi connectivity index (χ2v) is 9.72. The van der Waals surface area contributed by atoms with Gasteiger partial charge in [-0.2, -0.15) is 0 Å². The minimum atomic E-state index is -1.12. The van der Waals surface area contributed by atoms with Crippen LogP contribution in [0.1, 0.15) is 52.3 Å². The van der Waals surface area contributed by atoms with E-state index in [1.54, 1.807) is 31.2 Å². The molecule has 8 nitrogen and oxygen atoms in total. The van der Waals surface area contributed by atoms with E-state index in [9.17, 15) is 23.9 Å². The van der Waals surface area contributed by atoms with Gasteiger partial charge in [0.25, 0.3) is 5.78 Å². The molecule has 1 amide bonds. The van der Waals surface area contributed by atoms with Crippen LogP contribution in [0.3, 0.4) is 0 Å². The summed E-state index contributed by atoms with van der Waals surface area (Å²) >= 11 is 0.882. The van der Waals surface area contributed by atoms with E-state index in [0.717, 1.165) is 29.1 Å². The van der Waals surface area contributed by atoms with Crippen LogP contribution < -0.4 is 9.64 Å². The fraction of sp³-hybridized carbons (Fsp3) is 0.241. The van der Waals surface area contributed by atoms with Crippen molar-refractivity contribution in [3.63, 3.8) is 0 Å². The van der Waals surface area contributed by atoms with Gasteiger partial charge in [0.1, 0.15) is 28.8 Å². The number of thiazole rings is 1. The van der Waals surface area contributed by atoms with Gasteiger partial charge >= 0.3 is 11.9 Å². The molecule has 0 saturated carbocycles. The number of amides is 1. The molecule has 1 aliphatic rings. The fourth-order valence-corrected chi connectivity index (χ4v) is 5.05. The third-order valence-corrected chi connectivity index (χ3v) is 7.17. The second kappa shape index (κ2) is 12.0. The van der Waals surface area contributed by atoms with Crippen LogP contribution in [0.5, 0.6) is 5.75 Å². The van der Waals surface area contributed by atoms with Gasteiger partial charge in [-0.05, 0) is 55.3 Å². The maximum atomic E-state index is 13.8. The molecule has 0 spiro atoms. The molecule has 0 aliphatic carbocycles. The quantitative estimate of drug-likeness (QED) is 0.0857. The summed E-state index contributed by atoms with van der Waals surface area (Å²) in [5.74, 6) is -2.83. The van der Waals surface area contributed by atoms with Crippen molar-refractivity contribution in [2.75, 3.05) is 18.1 Å². The Balaban J connectivity index is 1.79. The number of benzene rings is 2. The zero-order valence-corrected chi connectivity index (χ0v) is 22.3. The number of aromatic nitrogens is 1. The Hall–Kier alpha value is -4.31. The van der Waals surface area contributed by atoms with E-state index >= 15 is 0 Å². The molecular weight excluding hydrogens is 523 g/mol. The van der Waals surface area contributed by atoms with Crippen molar-refractivity contribution in [2.45, 2.75) is 32.7 Å². The van der Waals surface area contributed by atoms with Gasteiger partial charge < -0.3 is 14.6 Å². The topological polar surface area (TPSA) is 106 Å². The number of anilines is 1. The summed E-state index contributed by atoms with van der Waals surface area (Å²) in [5, 5.41) is 11.3. The van der Waals surface area contributed by atoms with E-state index in [1.807, 2.05) is 0 Å². The van der Waals surface area contributed by atoms with Gasteiger partial charge in [0.05, 0.1) is 23.9 Å². The lowest BCUT2D eigenvalue weighted by atomic mass is 9.95. The Kier molecular flexibility index (Phi) is 8.55. The first kappa shape index (κ1) is 27.7. The number of hydrogen-bond acceptors (Lipinski definition) is 8. The van der Waals surface area contributed by atoms with Crippen LogP contribution in [0, 0.1) is 12.7 Å². The summed E-state index contributed by atoms with van der Waals surface area (Å²) in [6.45, 7) is 7.69. The number of ketones is 1. The molecule has 2 aromatic carbocycles. The molecule has 3 aromatic rings. The Labute approximate surface area is 229 Å². The van der Waals surface area contributed by atoms with Crippen LogP contribution in [-0.4, -0.2) is 41.0 Å². The first-order valence-electron chi connectivity index (χ1n) is 12.3. The van der Waals surface area contributed by atoms with Crippen LogP contribution in [-0.2, 0) is 14.3 Å². The van der Waals surface area contributed by atoms with Crippen LogP contribution >= 0.6 is 11.3 Å². The lowest BCUT2D eigenvalue weighted by Crippen LogP contribution is -2.29. The number of aryl methyl sites for hydroxylation is 1. The van der Waals surface area contributed by atoms with Crippen molar-refractivity contribution in [1.29, 1.82) is 0 Å². The van der Waals surface area contributed by atoms with Gasteiger partial charge in [-0.1, -0.05) is 49.5 Å². The molecule has 1 aliphatic heterocycles. The Morgan fingerprint density at radius 2 is 1.87 bits per heavy atom. The number of Topliss-reactive ketones (excluding diaryl/α,β-unsaturated/α-hetero) is 1. The number of rotatable bonds is 10. The van der Waals surface area contributed by atoms with Crippen LogP contribution in [0.25, 0.3) is 5.76 Å². The first-order chi connectivity index (χ1) is 18.8. The third-order valence-electron chi connectivity index (χ3n) is 6.03. The highest BCUT2D eigenvalue weighted by Crippen LogP contribution is 2.44. The monoisotopic (exact) mass is 550 g/mol. The average molecular weight is 551 g/mol. The van der Waals surface area contributed by atoms with Crippen molar-refractivity contribution in [3.8, 4) is 5.75 Å². The largest absolute Gasteiger partial charge is 0.507 e. The summed E-state index contributed by atoms with van der Waals surface area (Å²) in [4.78, 5) is 44.8. The van der Waals surface area contributed by atoms with E-state index in [1.165, 1.54) is 30.3 Å². The van der Waals surface area contributed by atoms with Crippen molar-refractivity contribution < 1.29 is 33.4 Å². The number of carbonyl (C=O) groups is 3. The summed E-state index contributed by atoms with van der Waals surface area (Å²) in [7, 11) is 0. The Bertz CT molecular complexity index is 1430. The smallest absolute Gasteiger partial charge is 0.350 e. The lowest BCUT2D eigenvalue weighted by molar-refractivity contribution is -0.132. The summed E-state index contributed by atoms with van der Waals surface area (Å²) in [6.07, 6.45) is 3.30. The minimum absolute atomic E-state index is 0.00592. The molecule has 1 N–H and O–H groups in total. The average Bonchev–Trinajstić information content (AvgIpc) is 3.44. The van der Waals surface area contributed by atoms with Gasteiger partial charge in [-0.25, -0.2) is 14.2 Å². The molecule has 1 fully saturated rings. The van der Waals surface area contributed by atoms with Gasteiger partial charge in [0.2, 0.25) is 0 Å². The fourth-order valence-electron chi connectivity index (χ4n) is 4.06. The summed E-state index contributed by atoms with van der Waals surface area (Å²) in [5.41, 5.74) is 0.796.